The van der Waals surface area contributed by atoms with Crippen LogP contribution in [-0.2, 0) is 12.6 Å². The lowest BCUT2D eigenvalue weighted by atomic mass is 10.0. The first-order valence-electron chi connectivity index (χ1n) is 5.53. The fourth-order valence-corrected chi connectivity index (χ4v) is 1.99. The molecule has 1 aromatic heterocycles. The second-order valence-electron chi connectivity index (χ2n) is 3.96. The Morgan fingerprint density at radius 3 is 2.60 bits per heavy atom. The molecule has 1 aromatic carbocycles. The van der Waals surface area contributed by atoms with Crippen LogP contribution in [-0.4, -0.2) is 15.8 Å². The van der Waals surface area contributed by atoms with Crippen LogP contribution in [0, 0.1) is 0 Å². The van der Waals surface area contributed by atoms with Crippen LogP contribution < -0.4 is 0 Å². The molecular weight excluding hydrogens is 293 g/mol. The van der Waals surface area contributed by atoms with Gasteiger partial charge in [0.05, 0.1) is 22.7 Å². The number of ketones is 1. The number of hydrogen-bond acceptors (Lipinski definition) is 3. The molecule has 2 rings (SSSR count). The van der Waals surface area contributed by atoms with Gasteiger partial charge in [0, 0.05) is 24.2 Å². The zero-order valence-electron chi connectivity index (χ0n) is 9.99. The highest BCUT2D eigenvalue weighted by Gasteiger charge is 2.34. The SMILES string of the molecule is O=C(Cc1cnccn1)c1cccc(C(F)(F)F)c1Cl. The average Bonchev–Trinajstić information content (AvgIpc) is 2.38. The van der Waals surface area contributed by atoms with E-state index in [1.54, 1.807) is 0 Å². The Morgan fingerprint density at radius 1 is 1.25 bits per heavy atom. The summed E-state index contributed by atoms with van der Waals surface area (Å²) in [5.41, 5.74) is -0.831. The van der Waals surface area contributed by atoms with Crippen molar-refractivity contribution in [2.75, 3.05) is 0 Å². The highest BCUT2D eigenvalue weighted by Crippen LogP contribution is 2.36. The molecule has 0 saturated carbocycles. The molecule has 3 nitrogen and oxygen atoms in total. The third-order valence-electron chi connectivity index (χ3n) is 2.56. The van der Waals surface area contributed by atoms with Gasteiger partial charge in [0.15, 0.2) is 5.78 Å². The van der Waals surface area contributed by atoms with E-state index >= 15 is 0 Å². The van der Waals surface area contributed by atoms with E-state index in [0.717, 1.165) is 12.1 Å². The summed E-state index contributed by atoms with van der Waals surface area (Å²) in [4.78, 5) is 19.7. The van der Waals surface area contributed by atoms with Gasteiger partial charge in [-0.2, -0.15) is 13.2 Å². The monoisotopic (exact) mass is 300 g/mol. The maximum atomic E-state index is 12.7. The van der Waals surface area contributed by atoms with Crippen molar-refractivity contribution in [1.82, 2.24) is 9.97 Å². The number of alkyl halides is 3. The molecule has 0 unspecified atom stereocenters. The number of carbonyl (C=O) groups is 1. The van der Waals surface area contributed by atoms with Gasteiger partial charge in [0.1, 0.15) is 0 Å². The summed E-state index contributed by atoms with van der Waals surface area (Å²) >= 11 is 5.68. The predicted octanol–water partition coefficient (Wildman–Crippen LogP) is 3.57. The van der Waals surface area contributed by atoms with E-state index in [2.05, 4.69) is 9.97 Å². The standard InChI is InChI=1S/C13H8ClF3N2O/c14-12-9(2-1-3-10(12)13(15,16)17)11(20)6-8-7-18-4-5-19-8/h1-5,7H,6H2. The third kappa shape index (κ3) is 3.14. The van der Waals surface area contributed by atoms with E-state index in [9.17, 15) is 18.0 Å². The Hall–Kier alpha value is -1.95. The van der Waals surface area contributed by atoms with Gasteiger partial charge in [-0.3, -0.25) is 14.8 Å². The second-order valence-corrected chi connectivity index (χ2v) is 4.34. The minimum Gasteiger partial charge on any atom is -0.294 e. The topological polar surface area (TPSA) is 42.9 Å². The molecule has 0 aliphatic rings. The lowest BCUT2D eigenvalue weighted by Crippen LogP contribution is -2.11. The molecule has 104 valence electrons. The van der Waals surface area contributed by atoms with Crippen molar-refractivity contribution in [2.45, 2.75) is 12.6 Å². The predicted molar refractivity (Wildman–Crippen MR) is 66.5 cm³/mol. The van der Waals surface area contributed by atoms with Crippen molar-refractivity contribution >= 4 is 17.4 Å². The molecule has 0 aliphatic heterocycles. The molecule has 0 saturated heterocycles. The molecule has 0 radical (unpaired) electrons. The van der Waals surface area contributed by atoms with Crippen LogP contribution >= 0.6 is 11.6 Å². The molecule has 0 spiro atoms. The van der Waals surface area contributed by atoms with Gasteiger partial charge in [-0.25, -0.2) is 0 Å². The quantitative estimate of drug-likeness (QED) is 0.814. The van der Waals surface area contributed by atoms with Gasteiger partial charge < -0.3 is 0 Å². The van der Waals surface area contributed by atoms with Crippen LogP contribution in [0.25, 0.3) is 0 Å². The zero-order valence-corrected chi connectivity index (χ0v) is 10.7. The lowest BCUT2D eigenvalue weighted by Gasteiger charge is -2.11. The first kappa shape index (κ1) is 14.5. The molecular formula is C13H8ClF3N2O. The fourth-order valence-electron chi connectivity index (χ4n) is 1.65. The smallest absolute Gasteiger partial charge is 0.294 e. The Kier molecular flexibility index (Phi) is 4.04. The van der Waals surface area contributed by atoms with Crippen molar-refractivity contribution in [3.63, 3.8) is 0 Å². The van der Waals surface area contributed by atoms with Gasteiger partial charge in [0.25, 0.3) is 0 Å². The first-order valence-corrected chi connectivity index (χ1v) is 5.91. The van der Waals surface area contributed by atoms with E-state index in [1.807, 2.05) is 0 Å². The van der Waals surface area contributed by atoms with Crippen LogP contribution in [0.1, 0.15) is 21.6 Å². The maximum Gasteiger partial charge on any atom is 0.417 e. The number of nitrogens with zero attached hydrogens (tertiary/aromatic N) is 2. The largest absolute Gasteiger partial charge is 0.417 e. The summed E-state index contributed by atoms with van der Waals surface area (Å²) in [6.45, 7) is 0. The first-order chi connectivity index (χ1) is 9.39. The molecule has 7 heteroatoms. The van der Waals surface area contributed by atoms with Crippen molar-refractivity contribution in [2.24, 2.45) is 0 Å². The maximum absolute atomic E-state index is 12.7. The zero-order chi connectivity index (χ0) is 14.8. The molecule has 0 atom stereocenters. The van der Waals surface area contributed by atoms with Gasteiger partial charge in [0.2, 0.25) is 0 Å². The number of halogens is 4. The van der Waals surface area contributed by atoms with E-state index in [1.165, 1.54) is 24.7 Å². The number of carbonyl (C=O) groups excluding carboxylic acids is 1. The number of hydrogen-bond donors (Lipinski definition) is 0. The number of aromatic nitrogens is 2. The van der Waals surface area contributed by atoms with E-state index < -0.39 is 22.5 Å². The van der Waals surface area contributed by atoms with Gasteiger partial charge in [-0.15, -0.1) is 0 Å². The summed E-state index contributed by atoms with van der Waals surface area (Å²) < 4.78 is 38.1. The van der Waals surface area contributed by atoms with Crippen molar-refractivity contribution in [1.29, 1.82) is 0 Å². The molecule has 0 aliphatic carbocycles. The molecule has 2 aromatic rings. The normalized spacial score (nSPS) is 11.4. The van der Waals surface area contributed by atoms with Crippen LogP contribution in [0.2, 0.25) is 5.02 Å². The summed E-state index contributed by atoms with van der Waals surface area (Å²) in [6, 6.07) is 3.25. The average molecular weight is 301 g/mol. The van der Waals surface area contributed by atoms with Gasteiger partial charge in [-0.05, 0) is 12.1 Å². The van der Waals surface area contributed by atoms with Crippen LogP contribution in [0.3, 0.4) is 0 Å². The van der Waals surface area contributed by atoms with Crippen molar-refractivity contribution < 1.29 is 18.0 Å². The van der Waals surface area contributed by atoms with E-state index in [4.69, 9.17) is 11.6 Å². The number of rotatable bonds is 3. The second kappa shape index (κ2) is 5.58. The Morgan fingerprint density at radius 2 is 2.00 bits per heavy atom. The Labute approximate surface area is 117 Å². The third-order valence-corrected chi connectivity index (χ3v) is 2.97. The highest BCUT2D eigenvalue weighted by molar-refractivity contribution is 6.34. The molecule has 0 N–H and O–H groups in total. The lowest BCUT2D eigenvalue weighted by molar-refractivity contribution is -0.137. The van der Waals surface area contributed by atoms with E-state index in [-0.39, 0.29) is 12.0 Å². The minimum absolute atomic E-state index is 0.158. The van der Waals surface area contributed by atoms with Gasteiger partial charge >= 0.3 is 6.18 Å². The fraction of sp³-hybridized carbons (Fsp3) is 0.154. The summed E-state index contributed by atoms with van der Waals surface area (Å²) in [7, 11) is 0. The van der Waals surface area contributed by atoms with Crippen molar-refractivity contribution in [3.8, 4) is 0 Å². The summed E-state index contributed by atoms with van der Waals surface area (Å²) in [5, 5.41) is -0.589. The molecule has 0 bridgehead atoms. The van der Waals surface area contributed by atoms with E-state index in [0.29, 0.717) is 5.69 Å². The Bertz CT molecular complexity index is 629. The molecule has 0 amide bonds. The molecule has 20 heavy (non-hydrogen) atoms. The van der Waals surface area contributed by atoms with Crippen LogP contribution in [0.4, 0.5) is 13.2 Å². The van der Waals surface area contributed by atoms with Crippen molar-refractivity contribution in [3.05, 3.63) is 58.6 Å². The number of Topliss-reactive ketones (excluding diaryl/α,β-unsaturated/α-hetero) is 1. The number of benzene rings is 1. The Balaban J connectivity index is 2.32. The summed E-state index contributed by atoms with van der Waals surface area (Å²) in [5.74, 6) is -0.540. The summed E-state index contributed by atoms with van der Waals surface area (Å²) in [6.07, 6.45) is -0.546. The van der Waals surface area contributed by atoms with Crippen LogP contribution in [0.15, 0.2) is 36.8 Å². The van der Waals surface area contributed by atoms with Crippen LogP contribution in [0.5, 0.6) is 0 Å². The minimum atomic E-state index is -4.60. The van der Waals surface area contributed by atoms with Gasteiger partial charge in [-0.1, -0.05) is 17.7 Å². The molecule has 0 fully saturated rings. The molecule has 1 heterocycles. The highest BCUT2D eigenvalue weighted by atomic mass is 35.5.